The summed E-state index contributed by atoms with van der Waals surface area (Å²) < 4.78 is 0.783. The third-order valence-corrected chi connectivity index (χ3v) is 3.67. The number of nitrogen functional groups attached to an aromatic ring is 1. The van der Waals surface area contributed by atoms with Crippen molar-refractivity contribution in [1.29, 1.82) is 0 Å². The largest absolute Gasteiger partial charge is 0.396 e. The Morgan fingerprint density at radius 3 is 2.76 bits per heavy atom. The zero-order chi connectivity index (χ0) is 12.4. The highest BCUT2D eigenvalue weighted by Crippen LogP contribution is 2.27. The third kappa shape index (κ3) is 3.03. The van der Waals surface area contributed by atoms with Gasteiger partial charge >= 0.3 is 0 Å². The van der Waals surface area contributed by atoms with Gasteiger partial charge < -0.3 is 10.6 Å². The van der Waals surface area contributed by atoms with E-state index in [2.05, 4.69) is 4.98 Å². The predicted octanol–water partition coefficient (Wildman–Crippen LogP) is 3.67. The summed E-state index contributed by atoms with van der Waals surface area (Å²) in [5.74, 6) is 0.721. The normalized spacial score (nSPS) is 10.5. The predicted molar refractivity (Wildman–Crippen MR) is 75.1 cm³/mol. The van der Waals surface area contributed by atoms with E-state index >= 15 is 0 Å². The number of aromatic nitrogens is 1. The summed E-state index contributed by atoms with van der Waals surface area (Å²) in [6, 6.07) is 5.57. The highest BCUT2D eigenvalue weighted by Gasteiger charge is 2.09. The van der Waals surface area contributed by atoms with Crippen LogP contribution >= 0.6 is 34.5 Å². The molecule has 0 aliphatic carbocycles. The molecule has 0 aromatic carbocycles. The zero-order valence-corrected chi connectivity index (χ0v) is 11.5. The summed E-state index contributed by atoms with van der Waals surface area (Å²) in [5, 5.41) is 0.541. The van der Waals surface area contributed by atoms with Crippen molar-refractivity contribution in [3.8, 4) is 0 Å². The summed E-state index contributed by atoms with van der Waals surface area (Å²) in [5.41, 5.74) is 6.44. The number of thiophene rings is 1. The monoisotopic (exact) mass is 287 g/mol. The van der Waals surface area contributed by atoms with Crippen molar-refractivity contribution in [3.63, 3.8) is 0 Å². The molecule has 0 spiro atoms. The Kier molecular flexibility index (Phi) is 3.76. The molecule has 0 aliphatic heterocycles. The van der Waals surface area contributed by atoms with Crippen molar-refractivity contribution < 1.29 is 0 Å². The minimum atomic E-state index is 0.541. The van der Waals surface area contributed by atoms with Crippen molar-refractivity contribution in [2.75, 3.05) is 17.7 Å². The van der Waals surface area contributed by atoms with E-state index in [-0.39, 0.29) is 0 Å². The van der Waals surface area contributed by atoms with E-state index in [1.165, 1.54) is 0 Å². The van der Waals surface area contributed by atoms with Crippen LogP contribution in [0.1, 0.15) is 4.88 Å². The summed E-state index contributed by atoms with van der Waals surface area (Å²) in [6.07, 6.45) is 1.59. The molecule has 0 atom stereocenters. The summed E-state index contributed by atoms with van der Waals surface area (Å²) in [7, 11) is 1.93. The standard InChI is InChI=1S/C11H11Cl2N3S/c1-16(6-8-2-3-10(13)17-8)11-9(14)4-7(12)5-15-11/h2-5H,6,14H2,1H3. The van der Waals surface area contributed by atoms with Gasteiger partial charge in [0.05, 0.1) is 21.6 Å². The molecule has 0 fully saturated rings. The second-order valence-corrected chi connectivity index (χ2v) is 5.86. The zero-order valence-electron chi connectivity index (χ0n) is 9.15. The average molecular weight is 288 g/mol. The van der Waals surface area contributed by atoms with E-state index in [1.807, 2.05) is 24.1 Å². The lowest BCUT2D eigenvalue weighted by Crippen LogP contribution is -2.18. The van der Waals surface area contributed by atoms with Gasteiger partial charge in [0.25, 0.3) is 0 Å². The fraction of sp³-hybridized carbons (Fsp3) is 0.182. The quantitative estimate of drug-likeness (QED) is 0.937. The van der Waals surface area contributed by atoms with Crippen LogP contribution in [0.25, 0.3) is 0 Å². The van der Waals surface area contributed by atoms with Crippen LogP contribution < -0.4 is 10.6 Å². The first-order valence-corrected chi connectivity index (χ1v) is 6.50. The highest BCUT2D eigenvalue weighted by atomic mass is 35.5. The molecule has 17 heavy (non-hydrogen) atoms. The van der Waals surface area contributed by atoms with Gasteiger partial charge in [0, 0.05) is 18.1 Å². The number of hydrogen-bond donors (Lipinski definition) is 1. The van der Waals surface area contributed by atoms with Gasteiger partial charge in [-0.05, 0) is 18.2 Å². The van der Waals surface area contributed by atoms with Gasteiger partial charge in [-0.25, -0.2) is 4.98 Å². The highest BCUT2D eigenvalue weighted by molar-refractivity contribution is 7.16. The Morgan fingerprint density at radius 2 is 2.18 bits per heavy atom. The van der Waals surface area contributed by atoms with Crippen molar-refractivity contribution in [1.82, 2.24) is 4.98 Å². The van der Waals surface area contributed by atoms with Gasteiger partial charge in [0.1, 0.15) is 0 Å². The van der Waals surface area contributed by atoms with Gasteiger partial charge in [0.15, 0.2) is 5.82 Å². The molecule has 2 aromatic rings. The number of halogens is 2. The molecule has 3 nitrogen and oxygen atoms in total. The molecule has 0 bridgehead atoms. The summed E-state index contributed by atoms with van der Waals surface area (Å²) in [6.45, 7) is 0.718. The van der Waals surface area contributed by atoms with Gasteiger partial charge in [-0.3, -0.25) is 0 Å². The number of hydrogen-bond acceptors (Lipinski definition) is 4. The molecule has 0 radical (unpaired) electrons. The Morgan fingerprint density at radius 1 is 1.41 bits per heavy atom. The second kappa shape index (κ2) is 5.12. The summed E-state index contributed by atoms with van der Waals surface area (Å²) in [4.78, 5) is 7.35. The lowest BCUT2D eigenvalue weighted by Gasteiger charge is -2.18. The van der Waals surface area contributed by atoms with Gasteiger partial charge in [-0.1, -0.05) is 23.2 Å². The second-order valence-electron chi connectivity index (χ2n) is 3.63. The van der Waals surface area contributed by atoms with E-state index in [4.69, 9.17) is 28.9 Å². The van der Waals surface area contributed by atoms with Crippen LogP contribution in [0.2, 0.25) is 9.36 Å². The molecule has 0 amide bonds. The molecule has 2 heterocycles. The van der Waals surface area contributed by atoms with Crippen molar-refractivity contribution in [2.24, 2.45) is 0 Å². The van der Waals surface area contributed by atoms with Crippen LogP contribution in [-0.4, -0.2) is 12.0 Å². The minimum absolute atomic E-state index is 0.541. The van der Waals surface area contributed by atoms with E-state index in [0.29, 0.717) is 10.7 Å². The maximum absolute atomic E-state index is 5.88. The van der Waals surface area contributed by atoms with Gasteiger partial charge in [-0.15, -0.1) is 11.3 Å². The Bertz CT molecular complexity index is 527. The first-order chi connectivity index (χ1) is 8.06. The minimum Gasteiger partial charge on any atom is -0.396 e. The van der Waals surface area contributed by atoms with Crippen molar-refractivity contribution in [2.45, 2.75) is 6.54 Å². The molecule has 0 aliphatic rings. The van der Waals surface area contributed by atoms with Crippen LogP contribution in [0.3, 0.4) is 0 Å². The van der Waals surface area contributed by atoms with Crippen LogP contribution in [0.4, 0.5) is 11.5 Å². The fourth-order valence-electron chi connectivity index (χ4n) is 1.51. The topological polar surface area (TPSA) is 42.2 Å². The molecular formula is C11H11Cl2N3S. The number of nitrogens with two attached hydrogens (primary N) is 1. The first-order valence-electron chi connectivity index (χ1n) is 4.92. The Labute approximate surface area is 114 Å². The number of pyridine rings is 1. The van der Waals surface area contributed by atoms with E-state index in [1.54, 1.807) is 23.6 Å². The molecule has 0 saturated carbocycles. The lowest BCUT2D eigenvalue weighted by atomic mass is 10.3. The molecular weight excluding hydrogens is 277 g/mol. The molecule has 2 N–H and O–H groups in total. The lowest BCUT2D eigenvalue weighted by molar-refractivity contribution is 0.915. The molecule has 0 saturated heterocycles. The molecule has 90 valence electrons. The van der Waals surface area contributed by atoms with Crippen LogP contribution in [0.5, 0.6) is 0 Å². The average Bonchev–Trinajstić information content (AvgIpc) is 2.63. The smallest absolute Gasteiger partial charge is 0.151 e. The van der Waals surface area contributed by atoms with Crippen molar-refractivity contribution in [3.05, 3.63) is 38.6 Å². The van der Waals surface area contributed by atoms with E-state index < -0.39 is 0 Å². The third-order valence-electron chi connectivity index (χ3n) is 2.25. The van der Waals surface area contributed by atoms with Crippen LogP contribution in [0, 0.1) is 0 Å². The Balaban J connectivity index is 2.17. The number of rotatable bonds is 3. The van der Waals surface area contributed by atoms with E-state index in [0.717, 1.165) is 21.6 Å². The van der Waals surface area contributed by atoms with Gasteiger partial charge in [-0.2, -0.15) is 0 Å². The maximum atomic E-state index is 5.88. The molecule has 2 rings (SSSR count). The molecule has 6 heteroatoms. The molecule has 0 unspecified atom stereocenters. The fourth-order valence-corrected chi connectivity index (χ4v) is 2.82. The summed E-state index contributed by atoms with van der Waals surface area (Å²) >= 11 is 13.2. The SMILES string of the molecule is CN(Cc1ccc(Cl)s1)c1ncc(Cl)cc1N. The van der Waals surface area contributed by atoms with Crippen LogP contribution in [-0.2, 0) is 6.54 Å². The molecule has 2 aromatic heterocycles. The van der Waals surface area contributed by atoms with Crippen LogP contribution in [0.15, 0.2) is 24.4 Å². The van der Waals surface area contributed by atoms with E-state index in [9.17, 15) is 0 Å². The maximum Gasteiger partial charge on any atom is 0.151 e. The first kappa shape index (κ1) is 12.5. The van der Waals surface area contributed by atoms with Gasteiger partial charge in [0.2, 0.25) is 0 Å². The Hall–Kier alpha value is -0.970. The number of anilines is 2. The van der Waals surface area contributed by atoms with Crippen molar-refractivity contribution >= 4 is 46.0 Å². The number of nitrogens with zero attached hydrogens (tertiary/aromatic N) is 2.